The van der Waals surface area contributed by atoms with Crippen LogP contribution in [0.4, 0.5) is 0 Å². The van der Waals surface area contributed by atoms with Crippen LogP contribution in [0.1, 0.15) is 12.7 Å². The van der Waals surface area contributed by atoms with Crippen molar-refractivity contribution in [1.29, 1.82) is 5.26 Å². The Morgan fingerprint density at radius 2 is 2.10 bits per heavy atom. The third-order valence-corrected chi connectivity index (χ3v) is 4.42. The summed E-state index contributed by atoms with van der Waals surface area (Å²) in [6, 6.07) is 10.3. The minimum atomic E-state index is -0.715. The fourth-order valence-electron chi connectivity index (χ4n) is 2.65. The van der Waals surface area contributed by atoms with E-state index in [1.54, 1.807) is 0 Å². The van der Waals surface area contributed by atoms with Crippen LogP contribution < -0.4 is 5.32 Å². The molecule has 1 aromatic carbocycles. The van der Waals surface area contributed by atoms with Crippen molar-refractivity contribution in [2.75, 3.05) is 26.2 Å². The van der Waals surface area contributed by atoms with Gasteiger partial charge in [-0.3, -0.25) is 4.90 Å². The number of benzene rings is 1. The van der Waals surface area contributed by atoms with Crippen LogP contribution in [0.25, 0.3) is 11.0 Å². The summed E-state index contributed by atoms with van der Waals surface area (Å²) in [5.74, 6) is 0.718. The molecule has 0 radical (unpaired) electrons. The molecule has 1 aliphatic heterocycles. The fraction of sp³-hybridized carbons (Fsp3) is 0.400. The van der Waals surface area contributed by atoms with E-state index in [0.717, 1.165) is 47.4 Å². The molecule has 1 aromatic heterocycles. The molecule has 5 heteroatoms. The van der Waals surface area contributed by atoms with Crippen LogP contribution in [0.15, 0.2) is 33.2 Å². The van der Waals surface area contributed by atoms with Crippen LogP contribution in [0.5, 0.6) is 0 Å². The molecule has 1 fully saturated rings. The van der Waals surface area contributed by atoms with Gasteiger partial charge in [-0.25, -0.2) is 0 Å². The van der Waals surface area contributed by atoms with Gasteiger partial charge in [-0.2, -0.15) is 5.26 Å². The quantitative estimate of drug-likeness (QED) is 0.918. The van der Waals surface area contributed by atoms with E-state index in [9.17, 15) is 5.26 Å². The van der Waals surface area contributed by atoms with Crippen LogP contribution in [0.3, 0.4) is 0 Å². The van der Waals surface area contributed by atoms with Crippen molar-refractivity contribution in [3.8, 4) is 6.07 Å². The molecule has 1 saturated heterocycles. The van der Waals surface area contributed by atoms with E-state index in [0.29, 0.717) is 0 Å². The molecule has 0 saturated carbocycles. The number of nitrogens with zero attached hydrogens (tertiary/aromatic N) is 2. The summed E-state index contributed by atoms with van der Waals surface area (Å²) in [7, 11) is 0. The molecule has 0 aliphatic carbocycles. The largest absolute Gasteiger partial charge is 0.458 e. The van der Waals surface area contributed by atoms with Gasteiger partial charge in [-0.1, -0.05) is 15.9 Å². The monoisotopic (exact) mass is 333 g/mol. The van der Waals surface area contributed by atoms with Crippen molar-refractivity contribution >= 4 is 26.9 Å². The molecule has 4 nitrogen and oxygen atoms in total. The van der Waals surface area contributed by atoms with Gasteiger partial charge < -0.3 is 9.73 Å². The Kier molecular flexibility index (Phi) is 3.55. The van der Waals surface area contributed by atoms with Crippen LogP contribution >= 0.6 is 15.9 Å². The van der Waals surface area contributed by atoms with Crippen LogP contribution in [-0.4, -0.2) is 31.1 Å². The molecule has 0 spiro atoms. The molecule has 2 heterocycles. The van der Waals surface area contributed by atoms with Crippen molar-refractivity contribution in [2.24, 2.45) is 0 Å². The Balaban J connectivity index is 2.04. The van der Waals surface area contributed by atoms with Crippen molar-refractivity contribution in [2.45, 2.75) is 12.5 Å². The summed E-state index contributed by atoms with van der Waals surface area (Å²) in [6.45, 7) is 5.45. The van der Waals surface area contributed by atoms with Crippen LogP contribution in [0, 0.1) is 11.3 Å². The Hall–Kier alpha value is -1.35. The Bertz CT molecular complexity index is 669. The highest BCUT2D eigenvalue weighted by molar-refractivity contribution is 9.10. The van der Waals surface area contributed by atoms with E-state index < -0.39 is 5.54 Å². The molecule has 2 aromatic rings. The minimum absolute atomic E-state index is 0.715. The third kappa shape index (κ3) is 2.24. The number of nitriles is 1. The van der Waals surface area contributed by atoms with E-state index in [2.05, 4.69) is 32.2 Å². The first-order chi connectivity index (χ1) is 9.63. The number of fused-ring (bicyclic) bond motifs is 1. The highest BCUT2D eigenvalue weighted by atomic mass is 79.9. The molecular weight excluding hydrogens is 318 g/mol. The van der Waals surface area contributed by atoms with Crippen LogP contribution in [-0.2, 0) is 5.54 Å². The molecule has 1 aliphatic rings. The van der Waals surface area contributed by atoms with Gasteiger partial charge >= 0.3 is 0 Å². The predicted octanol–water partition coefficient (Wildman–Crippen LogP) is 2.84. The summed E-state index contributed by atoms with van der Waals surface area (Å²) in [5, 5.41) is 14.0. The van der Waals surface area contributed by atoms with E-state index in [1.165, 1.54) is 0 Å². The average Bonchev–Trinajstić information content (AvgIpc) is 2.90. The molecule has 1 atom stereocenters. The zero-order chi connectivity index (χ0) is 14.2. The Morgan fingerprint density at radius 3 is 2.80 bits per heavy atom. The van der Waals surface area contributed by atoms with Crippen molar-refractivity contribution in [3.05, 3.63) is 34.5 Å². The molecule has 3 rings (SSSR count). The molecule has 1 unspecified atom stereocenters. The van der Waals surface area contributed by atoms with Crippen molar-refractivity contribution in [1.82, 2.24) is 10.2 Å². The van der Waals surface area contributed by atoms with Gasteiger partial charge in [0.25, 0.3) is 0 Å². The number of halogens is 1. The molecule has 1 N–H and O–H groups in total. The first-order valence-corrected chi connectivity index (χ1v) is 7.49. The highest BCUT2D eigenvalue weighted by Crippen LogP contribution is 2.33. The van der Waals surface area contributed by atoms with Gasteiger partial charge in [-0.05, 0) is 31.2 Å². The number of furan rings is 1. The number of nitrogens with one attached hydrogen (secondary N) is 1. The fourth-order valence-corrected chi connectivity index (χ4v) is 3.03. The Morgan fingerprint density at radius 1 is 1.35 bits per heavy atom. The predicted molar refractivity (Wildman–Crippen MR) is 81.3 cm³/mol. The van der Waals surface area contributed by atoms with E-state index >= 15 is 0 Å². The summed E-state index contributed by atoms with van der Waals surface area (Å²) in [5.41, 5.74) is 0.105. The zero-order valence-corrected chi connectivity index (χ0v) is 12.9. The molecule has 0 amide bonds. The van der Waals surface area contributed by atoms with Crippen molar-refractivity contribution in [3.63, 3.8) is 0 Å². The highest BCUT2D eigenvalue weighted by Gasteiger charge is 2.37. The maximum absolute atomic E-state index is 9.69. The lowest BCUT2D eigenvalue weighted by Crippen LogP contribution is -2.52. The maximum Gasteiger partial charge on any atom is 0.164 e. The standard InChI is InChI=1S/C15H16BrN3O/c1-15(10-17,19-6-4-18-5-7-19)14-9-11-8-12(16)2-3-13(11)20-14/h2-3,8-9,18H,4-7H2,1H3. The topological polar surface area (TPSA) is 52.2 Å². The number of hydrogen-bond donors (Lipinski definition) is 1. The molecular formula is C15H16BrN3O. The second-order valence-corrected chi connectivity index (χ2v) is 6.13. The zero-order valence-electron chi connectivity index (χ0n) is 11.3. The van der Waals surface area contributed by atoms with E-state index in [-0.39, 0.29) is 0 Å². The first kappa shape index (κ1) is 13.6. The first-order valence-electron chi connectivity index (χ1n) is 6.70. The summed E-state index contributed by atoms with van der Waals surface area (Å²) in [6.07, 6.45) is 0. The second kappa shape index (κ2) is 5.21. The number of rotatable bonds is 2. The smallest absolute Gasteiger partial charge is 0.164 e. The normalized spacial score (nSPS) is 19.6. The second-order valence-electron chi connectivity index (χ2n) is 5.21. The van der Waals surface area contributed by atoms with Gasteiger partial charge in [0.1, 0.15) is 11.3 Å². The van der Waals surface area contributed by atoms with E-state index in [4.69, 9.17) is 4.42 Å². The Labute approximate surface area is 126 Å². The third-order valence-electron chi connectivity index (χ3n) is 3.93. The SMILES string of the molecule is CC(C#N)(c1cc2cc(Br)ccc2o1)N1CCNCC1. The molecule has 0 bridgehead atoms. The van der Waals surface area contributed by atoms with Gasteiger partial charge in [0, 0.05) is 36.0 Å². The van der Waals surface area contributed by atoms with Gasteiger partial charge in [0.15, 0.2) is 5.54 Å². The molecule has 104 valence electrons. The van der Waals surface area contributed by atoms with Gasteiger partial charge in [0.2, 0.25) is 0 Å². The van der Waals surface area contributed by atoms with Crippen LogP contribution in [0.2, 0.25) is 0 Å². The van der Waals surface area contributed by atoms with Gasteiger partial charge in [0.05, 0.1) is 6.07 Å². The number of hydrogen-bond acceptors (Lipinski definition) is 4. The lowest BCUT2D eigenvalue weighted by molar-refractivity contribution is 0.114. The lowest BCUT2D eigenvalue weighted by atomic mass is 9.97. The lowest BCUT2D eigenvalue weighted by Gasteiger charge is -2.37. The van der Waals surface area contributed by atoms with Crippen molar-refractivity contribution < 1.29 is 4.42 Å². The van der Waals surface area contributed by atoms with Gasteiger partial charge in [-0.15, -0.1) is 0 Å². The number of piperazine rings is 1. The van der Waals surface area contributed by atoms with E-state index in [1.807, 2.05) is 31.2 Å². The summed E-state index contributed by atoms with van der Waals surface area (Å²) < 4.78 is 6.94. The maximum atomic E-state index is 9.69. The summed E-state index contributed by atoms with van der Waals surface area (Å²) >= 11 is 3.46. The summed E-state index contributed by atoms with van der Waals surface area (Å²) in [4.78, 5) is 2.18. The minimum Gasteiger partial charge on any atom is -0.458 e. The average molecular weight is 334 g/mol. The molecule has 20 heavy (non-hydrogen) atoms.